The van der Waals surface area contributed by atoms with E-state index in [4.69, 9.17) is 5.73 Å². The minimum absolute atomic E-state index is 0.296. The fraction of sp³-hybridized carbons (Fsp3) is 0. The van der Waals surface area contributed by atoms with Gasteiger partial charge in [0.25, 0.3) is 0 Å². The maximum Gasteiger partial charge on any atom is 0.240 e. The van der Waals surface area contributed by atoms with Crippen molar-refractivity contribution in [2.24, 2.45) is 0 Å². The molecule has 0 fully saturated rings. The van der Waals surface area contributed by atoms with Crippen molar-refractivity contribution in [3.8, 4) is 11.1 Å². The van der Waals surface area contributed by atoms with Crippen molar-refractivity contribution in [3.05, 3.63) is 48.7 Å². The molecule has 4 nitrogen and oxygen atoms in total. The number of nitrogens with two attached hydrogens (primary N) is 1. The minimum atomic E-state index is 0.296. The van der Waals surface area contributed by atoms with Crippen LogP contribution in [0.2, 0.25) is 0 Å². The summed E-state index contributed by atoms with van der Waals surface area (Å²) in [6.45, 7) is 0. The molecule has 2 heterocycles. The Hall–Kier alpha value is -2.36. The van der Waals surface area contributed by atoms with Gasteiger partial charge in [0.2, 0.25) is 5.95 Å². The van der Waals surface area contributed by atoms with Gasteiger partial charge in [-0.3, -0.25) is 0 Å². The van der Waals surface area contributed by atoms with Gasteiger partial charge in [-0.1, -0.05) is 30.3 Å². The van der Waals surface area contributed by atoms with Crippen LogP contribution in [0.3, 0.4) is 0 Å². The average Bonchev–Trinajstić information content (AvgIpc) is 2.69. The molecule has 0 spiro atoms. The van der Waals surface area contributed by atoms with Gasteiger partial charge >= 0.3 is 0 Å². The first-order valence-electron chi connectivity index (χ1n) is 5.00. The fourth-order valence-electron chi connectivity index (χ4n) is 1.70. The topological polar surface area (TPSA) is 56.2 Å². The van der Waals surface area contributed by atoms with Crippen molar-refractivity contribution in [2.45, 2.75) is 0 Å². The summed E-state index contributed by atoms with van der Waals surface area (Å²) in [7, 11) is 0. The normalized spacial score (nSPS) is 10.8. The van der Waals surface area contributed by atoms with Crippen LogP contribution in [0.4, 0.5) is 5.95 Å². The predicted octanol–water partition coefficient (Wildman–Crippen LogP) is 1.98. The number of hydrogen-bond donors (Lipinski definition) is 1. The molecule has 0 aliphatic carbocycles. The zero-order valence-corrected chi connectivity index (χ0v) is 8.54. The van der Waals surface area contributed by atoms with E-state index in [1.807, 2.05) is 36.5 Å². The average molecular weight is 210 g/mol. The van der Waals surface area contributed by atoms with Crippen molar-refractivity contribution < 1.29 is 0 Å². The molecule has 0 saturated heterocycles. The second kappa shape index (κ2) is 3.34. The van der Waals surface area contributed by atoms with E-state index >= 15 is 0 Å². The summed E-state index contributed by atoms with van der Waals surface area (Å²) in [6.07, 6.45) is 1.92. The van der Waals surface area contributed by atoms with Gasteiger partial charge in [-0.05, 0) is 17.7 Å². The van der Waals surface area contributed by atoms with Crippen LogP contribution >= 0.6 is 0 Å². The van der Waals surface area contributed by atoms with E-state index in [9.17, 15) is 0 Å². The Morgan fingerprint density at radius 2 is 1.75 bits per heavy atom. The largest absolute Gasteiger partial charge is 0.366 e. The molecule has 0 radical (unpaired) electrons. The molecule has 0 saturated carbocycles. The molecule has 0 aliphatic rings. The quantitative estimate of drug-likeness (QED) is 0.668. The van der Waals surface area contributed by atoms with Crippen LogP contribution in [0.25, 0.3) is 16.8 Å². The van der Waals surface area contributed by atoms with Gasteiger partial charge in [-0.2, -0.15) is 4.98 Å². The molecule has 0 aliphatic heterocycles. The number of benzene rings is 1. The molecule has 0 unspecified atom stereocenters. The Bertz CT molecular complexity index is 628. The van der Waals surface area contributed by atoms with E-state index in [0.29, 0.717) is 5.95 Å². The van der Waals surface area contributed by atoms with Crippen LogP contribution in [-0.2, 0) is 0 Å². The molecular weight excluding hydrogens is 200 g/mol. The number of nitrogen functional groups attached to an aromatic ring is 1. The van der Waals surface area contributed by atoms with E-state index in [-0.39, 0.29) is 0 Å². The lowest BCUT2D eigenvalue weighted by atomic mass is 10.1. The Morgan fingerprint density at radius 1 is 0.938 bits per heavy atom. The maximum atomic E-state index is 5.54. The molecule has 2 aromatic heterocycles. The Labute approximate surface area is 92.4 Å². The molecule has 0 atom stereocenters. The Balaban J connectivity index is 2.18. The van der Waals surface area contributed by atoms with Crippen molar-refractivity contribution in [2.75, 3.05) is 5.73 Å². The second-order valence-corrected chi connectivity index (χ2v) is 3.56. The molecule has 3 rings (SSSR count). The lowest BCUT2D eigenvalue weighted by Crippen LogP contribution is -1.90. The van der Waals surface area contributed by atoms with Gasteiger partial charge < -0.3 is 5.73 Å². The molecule has 16 heavy (non-hydrogen) atoms. The number of hydrogen-bond acceptors (Lipinski definition) is 3. The second-order valence-electron chi connectivity index (χ2n) is 3.56. The molecule has 0 bridgehead atoms. The molecule has 3 aromatic rings. The number of aromatic nitrogens is 3. The summed E-state index contributed by atoms with van der Waals surface area (Å²) >= 11 is 0. The van der Waals surface area contributed by atoms with E-state index in [0.717, 1.165) is 16.8 Å². The summed E-state index contributed by atoms with van der Waals surface area (Å²) in [5.41, 5.74) is 8.54. The third-order valence-corrected chi connectivity index (χ3v) is 2.45. The molecule has 0 amide bonds. The van der Waals surface area contributed by atoms with E-state index in [2.05, 4.69) is 22.2 Å². The van der Waals surface area contributed by atoms with Crippen molar-refractivity contribution in [1.82, 2.24) is 14.6 Å². The summed E-state index contributed by atoms with van der Waals surface area (Å²) in [5.74, 6) is 0.296. The first kappa shape index (κ1) is 8.91. The smallest absolute Gasteiger partial charge is 0.240 e. The fourth-order valence-corrected chi connectivity index (χ4v) is 1.70. The van der Waals surface area contributed by atoms with Crippen LogP contribution in [-0.4, -0.2) is 14.6 Å². The van der Waals surface area contributed by atoms with Crippen LogP contribution < -0.4 is 5.73 Å². The van der Waals surface area contributed by atoms with E-state index < -0.39 is 0 Å². The monoisotopic (exact) mass is 210 g/mol. The summed E-state index contributed by atoms with van der Waals surface area (Å²) in [4.78, 5) is 4.08. The van der Waals surface area contributed by atoms with Crippen LogP contribution in [0, 0.1) is 0 Å². The summed E-state index contributed by atoms with van der Waals surface area (Å²) in [6, 6.07) is 14.0. The van der Waals surface area contributed by atoms with Gasteiger partial charge in [0, 0.05) is 11.8 Å². The highest BCUT2D eigenvalue weighted by Gasteiger charge is 2.02. The highest BCUT2D eigenvalue weighted by Crippen LogP contribution is 2.19. The zero-order valence-electron chi connectivity index (χ0n) is 8.54. The number of pyridine rings is 1. The molecule has 2 N–H and O–H groups in total. The maximum absolute atomic E-state index is 5.54. The zero-order chi connectivity index (χ0) is 11.0. The van der Waals surface area contributed by atoms with Crippen LogP contribution in [0.5, 0.6) is 0 Å². The van der Waals surface area contributed by atoms with Crippen LogP contribution in [0.15, 0.2) is 48.7 Å². The first-order chi connectivity index (χ1) is 7.83. The molecule has 4 heteroatoms. The number of nitrogens with zero attached hydrogens (tertiary/aromatic N) is 3. The Morgan fingerprint density at radius 3 is 2.56 bits per heavy atom. The first-order valence-corrected chi connectivity index (χ1v) is 5.00. The predicted molar refractivity (Wildman–Crippen MR) is 62.8 cm³/mol. The standard InChI is InChI=1S/C12H10N4/c13-12-14-11-7-6-10(8-16(11)15-12)9-4-2-1-3-5-9/h1-8H,(H2,13,15). The summed E-state index contributed by atoms with van der Waals surface area (Å²) in [5, 5.41) is 4.08. The van der Waals surface area contributed by atoms with Gasteiger partial charge in [0.05, 0.1) is 0 Å². The Kier molecular flexibility index (Phi) is 1.86. The molecular formula is C12H10N4. The van der Waals surface area contributed by atoms with Gasteiger partial charge in [-0.25, -0.2) is 4.52 Å². The SMILES string of the molecule is Nc1nc2ccc(-c3ccccc3)cn2n1. The lowest BCUT2D eigenvalue weighted by molar-refractivity contribution is 0.969. The van der Waals surface area contributed by atoms with Crippen molar-refractivity contribution >= 4 is 11.6 Å². The number of anilines is 1. The molecule has 78 valence electrons. The van der Waals surface area contributed by atoms with Crippen LogP contribution in [0.1, 0.15) is 0 Å². The number of rotatable bonds is 1. The van der Waals surface area contributed by atoms with E-state index in [1.54, 1.807) is 4.52 Å². The van der Waals surface area contributed by atoms with Gasteiger partial charge in [0.15, 0.2) is 5.65 Å². The van der Waals surface area contributed by atoms with Crippen molar-refractivity contribution in [1.29, 1.82) is 0 Å². The molecule has 1 aromatic carbocycles. The highest BCUT2D eigenvalue weighted by molar-refractivity contribution is 5.64. The third kappa shape index (κ3) is 1.40. The number of fused-ring (bicyclic) bond motifs is 1. The highest BCUT2D eigenvalue weighted by atomic mass is 15.3. The summed E-state index contributed by atoms with van der Waals surface area (Å²) < 4.78 is 1.69. The van der Waals surface area contributed by atoms with E-state index in [1.165, 1.54) is 0 Å². The van der Waals surface area contributed by atoms with Gasteiger partial charge in [0.1, 0.15) is 0 Å². The lowest BCUT2D eigenvalue weighted by Gasteiger charge is -2.00. The third-order valence-electron chi connectivity index (χ3n) is 2.45. The van der Waals surface area contributed by atoms with Gasteiger partial charge in [-0.15, -0.1) is 5.10 Å². The van der Waals surface area contributed by atoms with Crippen molar-refractivity contribution in [3.63, 3.8) is 0 Å². The minimum Gasteiger partial charge on any atom is -0.366 e.